The van der Waals surface area contributed by atoms with Crippen LogP contribution >= 0.6 is 0 Å². The first-order valence-electron chi connectivity index (χ1n) is 10.1. The zero-order chi connectivity index (χ0) is 21.7. The predicted molar refractivity (Wildman–Crippen MR) is 119 cm³/mol. The third-order valence-electron chi connectivity index (χ3n) is 5.82. The lowest BCUT2D eigenvalue weighted by atomic mass is 9.99. The summed E-state index contributed by atoms with van der Waals surface area (Å²) < 4.78 is 13.1. The molecule has 0 bridgehead atoms. The van der Waals surface area contributed by atoms with Crippen molar-refractivity contribution in [3.8, 4) is 16.9 Å². The molecule has 1 unspecified atom stereocenters. The van der Waals surface area contributed by atoms with E-state index in [1.54, 1.807) is 13.3 Å². The van der Waals surface area contributed by atoms with Gasteiger partial charge < -0.3 is 14.2 Å². The number of aromatic nitrogens is 4. The summed E-state index contributed by atoms with van der Waals surface area (Å²) in [4.78, 5) is 20.6. The number of aromatic amines is 1. The lowest BCUT2D eigenvalue weighted by Crippen LogP contribution is -2.12. The first kappa shape index (κ1) is 19.1. The maximum Gasteiger partial charge on any atom is 0.258 e. The minimum Gasteiger partial charge on any atom is -0.496 e. The number of H-pyrrole nitrogens is 1. The SMILES string of the molecule is COc1cc2c(cc1-c1c(C)noc1C)c(=O)[nH]c1cnc(C(C)c3ccccc3)n12. The van der Waals surface area contributed by atoms with E-state index in [4.69, 9.17) is 9.26 Å². The molecule has 0 saturated heterocycles. The average Bonchev–Trinajstić information content (AvgIpc) is 3.36. The molecule has 7 heteroatoms. The van der Waals surface area contributed by atoms with E-state index in [9.17, 15) is 4.79 Å². The van der Waals surface area contributed by atoms with Gasteiger partial charge in [0, 0.05) is 17.5 Å². The number of benzene rings is 2. The van der Waals surface area contributed by atoms with Gasteiger partial charge in [0.1, 0.15) is 23.0 Å². The van der Waals surface area contributed by atoms with Gasteiger partial charge in [-0.15, -0.1) is 0 Å². The van der Waals surface area contributed by atoms with Gasteiger partial charge in [-0.05, 0) is 25.5 Å². The zero-order valence-corrected chi connectivity index (χ0v) is 17.8. The van der Waals surface area contributed by atoms with Crippen molar-refractivity contribution in [3.63, 3.8) is 0 Å². The van der Waals surface area contributed by atoms with Gasteiger partial charge in [-0.1, -0.05) is 42.4 Å². The molecule has 0 aliphatic carbocycles. The highest BCUT2D eigenvalue weighted by atomic mass is 16.5. The molecule has 0 fully saturated rings. The van der Waals surface area contributed by atoms with E-state index >= 15 is 0 Å². The van der Waals surface area contributed by atoms with Crippen LogP contribution in [0.15, 0.2) is 58.0 Å². The molecule has 0 aliphatic rings. The van der Waals surface area contributed by atoms with Gasteiger partial charge in [-0.3, -0.25) is 9.20 Å². The fourth-order valence-corrected chi connectivity index (χ4v) is 4.26. The van der Waals surface area contributed by atoms with Crippen molar-refractivity contribution < 1.29 is 9.26 Å². The molecule has 1 atom stereocenters. The quantitative estimate of drug-likeness (QED) is 0.464. The molecule has 156 valence electrons. The van der Waals surface area contributed by atoms with Crippen LogP contribution in [0.2, 0.25) is 0 Å². The number of imidazole rings is 1. The van der Waals surface area contributed by atoms with Crippen LogP contribution in [-0.4, -0.2) is 26.6 Å². The van der Waals surface area contributed by atoms with E-state index in [-0.39, 0.29) is 11.5 Å². The van der Waals surface area contributed by atoms with E-state index in [1.165, 1.54) is 0 Å². The number of hydrogen-bond acceptors (Lipinski definition) is 5. The smallest absolute Gasteiger partial charge is 0.258 e. The normalized spacial score (nSPS) is 12.5. The van der Waals surface area contributed by atoms with Gasteiger partial charge in [0.05, 0.1) is 35.5 Å². The number of ether oxygens (including phenoxy) is 1. The van der Waals surface area contributed by atoms with Crippen LogP contribution in [0, 0.1) is 13.8 Å². The molecule has 2 aromatic carbocycles. The Morgan fingerprint density at radius 2 is 1.94 bits per heavy atom. The summed E-state index contributed by atoms with van der Waals surface area (Å²) in [6.07, 6.45) is 1.70. The standard InChI is InChI=1S/C24H22N4O3/c1-13(16-8-6-5-7-9-16)23-25-12-21-26-24(29)17-10-18(22-14(2)27-31-15(22)3)20(30-4)11-19(17)28(21)23/h5-13H,1-4H3,(H,26,29). The Balaban J connectivity index is 1.83. The molecule has 3 aromatic heterocycles. The van der Waals surface area contributed by atoms with Crippen molar-refractivity contribution in [2.24, 2.45) is 0 Å². The summed E-state index contributed by atoms with van der Waals surface area (Å²) in [5.74, 6) is 2.19. The summed E-state index contributed by atoms with van der Waals surface area (Å²) >= 11 is 0. The average molecular weight is 414 g/mol. The van der Waals surface area contributed by atoms with Gasteiger partial charge in [0.15, 0.2) is 0 Å². The summed E-state index contributed by atoms with van der Waals surface area (Å²) in [7, 11) is 1.62. The Morgan fingerprint density at radius 1 is 1.16 bits per heavy atom. The van der Waals surface area contributed by atoms with Crippen molar-refractivity contribution in [2.45, 2.75) is 26.7 Å². The van der Waals surface area contributed by atoms with E-state index in [0.717, 1.165) is 33.7 Å². The Morgan fingerprint density at radius 3 is 2.61 bits per heavy atom. The van der Waals surface area contributed by atoms with Crippen LogP contribution in [0.3, 0.4) is 0 Å². The molecule has 5 rings (SSSR count). The lowest BCUT2D eigenvalue weighted by molar-refractivity contribution is 0.393. The fourth-order valence-electron chi connectivity index (χ4n) is 4.26. The molecular formula is C24H22N4O3. The highest BCUT2D eigenvalue weighted by Gasteiger charge is 2.21. The van der Waals surface area contributed by atoms with Crippen molar-refractivity contribution >= 4 is 16.6 Å². The molecular weight excluding hydrogens is 392 g/mol. The molecule has 0 amide bonds. The van der Waals surface area contributed by atoms with Crippen LogP contribution < -0.4 is 10.3 Å². The first-order chi connectivity index (χ1) is 15.0. The molecule has 0 aliphatic heterocycles. The summed E-state index contributed by atoms with van der Waals surface area (Å²) in [5, 5.41) is 4.60. The molecule has 5 aromatic rings. The fraction of sp³-hybridized carbons (Fsp3) is 0.208. The highest BCUT2D eigenvalue weighted by Crippen LogP contribution is 2.37. The van der Waals surface area contributed by atoms with Crippen molar-refractivity contribution in [1.82, 2.24) is 19.5 Å². The monoisotopic (exact) mass is 414 g/mol. The van der Waals surface area contributed by atoms with Gasteiger partial charge in [-0.25, -0.2) is 4.98 Å². The Hall–Kier alpha value is -3.87. The topological polar surface area (TPSA) is 85.4 Å². The van der Waals surface area contributed by atoms with Gasteiger partial charge >= 0.3 is 0 Å². The second-order valence-corrected chi connectivity index (χ2v) is 7.69. The number of fused-ring (bicyclic) bond motifs is 3. The van der Waals surface area contributed by atoms with Gasteiger partial charge in [-0.2, -0.15) is 0 Å². The Labute approximate surface area is 178 Å². The number of hydrogen-bond donors (Lipinski definition) is 1. The predicted octanol–water partition coefficient (Wildman–Crippen LogP) is 4.61. The summed E-state index contributed by atoms with van der Waals surface area (Å²) in [5.41, 5.74) is 4.69. The van der Waals surface area contributed by atoms with Crippen LogP contribution in [0.5, 0.6) is 5.75 Å². The summed E-state index contributed by atoms with van der Waals surface area (Å²) in [6.45, 7) is 5.83. The molecule has 0 spiro atoms. The number of rotatable bonds is 4. The third kappa shape index (κ3) is 2.92. The third-order valence-corrected chi connectivity index (χ3v) is 5.82. The minimum atomic E-state index is -0.183. The first-order valence-corrected chi connectivity index (χ1v) is 10.1. The van der Waals surface area contributed by atoms with E-state index < -0.39 is 0 Å². The molecule has 7 nitrogen and oxygen atoms in total. The zero-order valence-electron chi connectivity index (χ0n) is 17.8. The van der Waals surface area contributed by atoms with Crippen LogP contribution in [-0.2, 0) is 0 Å². The number of methoxy groups -OCH3 is 1. The Bertz CT molecular complexity index is 1460. The van der Waals surface area contributed by atoms with Crippen molar-refractivity contribution in [2.75, 3.05) is 7.11 Å². The number of aryl methyl sites for hydroxylation is 2. The molecule has 0 radical (unpaired) electrons. The largest absolute Gasteiger partial charge is 0.496 e. The van der Waals surface area contributed by atoms with Crippen LogP contribution in [0.25, 0.3) is 27.7 Å². The molecule has 1 N–H and O–H groups in total. The van der Waals surface area contributed by atoms with Crippen LogP contribution in [0.1, 0.15) is 35.7 Å². The van der Waals surface area contributed by atoms with Gasteiger partial charge in [0.25, 0.3) is 5.56 Å². The highest BCUT2D eigenvalue weighted by molar-refractivity contribution is 5.90. The lowest BCUT2D eigenvalue weighted by Gasteiger charge is -2.15. The Kier molecular flexibility index (Phi) is 4.39. The minimum absolute atomic E-state index is 0.0334. The second-order valence-electron chi connectivity index (χ2n) is 7.69. The number of nitrogens with one attached hydrogen (secondary N) is 1. The van der Waals surface area contributed by atoms with Gasteiger partial charge in [0.2, 0.25) is 0 Å². The van der Waals surface area contributed by atoms with Crippen molar-refractivity contribution in [1.29, 1.82) is 0 Å². The maximum absolute atomic E-state index is 13.0. The maximum atomic E-state index is 13.0. The van der Waals surface area contributed by atoms with E-state index in [1.807, 2.05) is 48.6 Å². The number of nitrogens with zero attached hydrogens (tertiary/aromatic N) is 3. The van der Waals surface area contributed by atoms with Crippen LogP contribution in [0.4, 0.5) is 0 Å². The van der Waals surface area contributed by atoms with E-state index in [0.29, 0.717) is 22.5 Å². The van der Waals surface area contributed by atoms with E-state index in [2.05, 4.69) is 34.2 Å². The van der Waals surface area contributed by atoms with Crippen molar-refractivity contribution in [3.05, 3.63) is 81.9 Å². The molecule has 0 saturated carbocycles. The molecule has 31 heavy (non-hydrogen) atoms. The molecule has 3 heterocycles. The summed E-state index contributed by atoms with van der Waals surface area (Å²) in [6, 6.07) is 13.9. The second kappa shape index (κ2) is 7.12.